The minimum atomic E-state index is -0.309. The van der Waals surface area contributed by atoms with E-state index in [2.05, 4.69) is 10.3 Å². The minimum absolute atomic E-state index is 0.274. The number of nitrogens with zero attached hydrogens (tertiary/aromatic N) is 2. The summed E-state index contributed by atoms with van der Waals surface area (Å²) in [5, 5.41) is 3.33. The largest absolute Gasteiger partial charge is 0.369 e. The van der Waals surface area contributed by atoms with Gasteiger partial charge in [0, 0.05) is 12.6 Å². The predicted molar refractivity (Wildman–Crippen MR) is 65.2 cm³/mol. The molecule has 0 bridgehead atoms. The molecule has 2 aromatic rings. The number of hydrogen-bond donors (Lipinski definition) is 2. The first-order valence-electron chi connectivity index (χ1n) is 5.90. The van der Waals surface area contributed by atoms with Gasteiger partial charge in [-0.25, -0.2) is 9.37 Å². The average molecular weight is 234 g/mol. The summed E-state index contributed by atoms with van der Waals surface area (Å²) in [7, 11) is 0. The van der Waals surface area contributed by atoms with Crippen molar-refractivity contribution in [2.24, 2.45) is 0 Å². The number of hydrogen-bond acceptors (Lipinski definition) is 3. The van der Waals surface area contributed by atoms with Gasteiger partial charge >= 0.3 is 0 Å². The number of halogens is 1. The van der Waals surface area contributed by atoms with Crippen LogP contribution in [0.4, 0.5) is 10.3 Å². The fourth-order valence-electron chi connectivity index (χ4n) is 2.54. The van der Waals surface area contributed by atoms with Gasteiger partial charge in [0.15, 0.2) is 5.82 Å². The maximum atomic E-state index is 13.6. The first kappa shape index (κ1) is 10.5. The number of para-hydroxylation sites is 1. The van der Waals surface area contributed by atoms with Crippen LogP contribution in [0.3, 0.4) is 0 Å². The van der Waals surface area contributed by atoms with Gasteiger partial charge in [-0.05, 0) is 31.5 Å². The lowest BCUT2D eigenvalue weighted by Crippen LogP contribution is -2.32. The van der Waals surface area contributed by atoms with Crippen molar-refractivity contribution in [1.82, 2.24) is 14.9 Å². The molecule has 1 saturated heterocycles. The van der Waals surface area contributed by atoms with Crippen LogP contribution < -0.4 is 11.1 Å². The van der Waals surface area contributed by atoms with Gasteiger partial charge in [-0.3, -0.25) is 0 Å². The van der Waals surface area contributed by atoms with Gasteiger partial charge in [0.1, 0.15) is 5.52 Å². The molecule has 1 aliphatic heterocycles. The summed E-state index contributed by atoms with van der Waals surface area (Å²) < 4.78 is 15.5. The molecule has 0 saturated carbocycles. The maximum absolute atomic E-state index is 13.6. The topological polar surface area (TPSA) is 55.9 Å². The van der Waals surface area contributed by atoms with Crippen molar-refractivity contribution in [2.75, 3.05) is 18.8 Å². The lowest BCUT2D eigenvalue weighted by molar-refractivity contribution is 0.381. The third-order valence-corrected chi connectivity index (χ3v) is 3.33. The quantitative estimate of drug-likeness (QED) is 0.789. The summed E-state index contributed by atoms with van der Waals surface area (Å²) in [6.07, 6.45) is 2.16. The number of rotatable bonds is 1. The van der Waals surface area contributed by atoms with E-state index in [0.29, 0.717) is 11.5 Å². The number of piperidine rings is 1. The van der Waals surface area contributed by atoms with E-state index in [4.69, 9.17) is 5.73 Å². The molecular formula is C12H15FN4. The molecule has 5 heteroatoms. The fraction of sp³-hybridized carbons (Fsp3) is 0.417. The second-order valence-corrected chi connectivity index (χ2v) is 4.45. The zero-order valence-corrected chi connectivity index (χ0v) is 9.49. The molecule has 1 aromatic carbocycles. The number of fused-ring (bicyclic) bond motifs is 1. The molecule has 1 aliphatic rings. The number of nitrogens with two attached hydrogens (primary N) is 1. The molecular weight excluding hydrogens is 219 g/mol. The molecule has 4 nitrogen and oxygen atoms in total. The van der Waals surface area contributed by atoms with E-state index in [1.807, 2.05) is 10.6 Å². The van der Waals surface area contributed by atoms with Crippen LogP contribution in [0.5, 0.6) is 0 Å². The molecule has 3 rings (SSSR count). The van der Waals surface area contributed by atoms with E-state index in [0.717, 1.165) is 31.4 Å². The van der Waals surface area contributed by atoms with Crippen molar-refractivity contribution in [3.8, 4) is 0 Å². The zero-order chi connectivity index (χ0) is 11.8. The van der Waals surface area contributed by atoms with Crippen LogP contribution in [0.2, 0.25) is 0 Å². The van der Waals surface area contributed by atoms with Gasteiger partial charge < -0.3 is 15.6 Å². The summed E-state index contributed by atoms with van der Waals surface area (Å²) in [5.74, 6) is 0.0931. The number of nitrogen functional groups attached to an aromatic ring is 1. The second kappa shape index (κ2) is 4.00. The Balaban J connectivity index is 2.14. The van der Waals surface area contributed by atoms with Crippen molar-refractivity contribution in [3.63, 3.8) is 0 Å². The molecule has 1 unspecified atom stereocenters. The Hall–Kier alpha value is -1.62. The van der Waals surface area contributed by atoms with Gasteiger partial charge in [0.25, 0.3) is 0 Å². The van der Waals surface area contributed by atoms with E-state index >= 15 is 0 Å². The van der Waals surface area contributed by atoms with Crippen LogP contribution in [-0.4, -0.2) is 22.6 Å². The van der Waals surface area contributed by atoms with Crippen LogP contribution in [0.15, 0.2) is 18.2 Å². The number of benzene rings is 1. The Morgan fingerprint density at radius 1 is 1.47 bits per heavy atom. The van der Waals surface area contributed by atoms with Gasteiger partial charge in [-0.1, -0.05) is 6.07 Å². The smallest absolute Gasteiger partial charge is 0.201 e. The summed E-state index contributed by atoms with van der Waals surface area (Å²) in [5.41, 5.74) is 7.07. The number of anilines is 1. The lowest BCUT2D eigenvalue weighted by atomic mass is 10.1. The minimum Gasteiger partial charge on any atom is -0.369 e. The molecule has 1 atom stereocenters. The van der Waals surface area contributed by atoms with Gasteiger partial charge in [0.05, 0.1) is 5.52 Å². The Kier molecular flexibility index (Phi) is 2.48. The Bertz CT molecular complexity index is 543. The van der Waals surface area contributed by atoms with Gasteiger partial charge in [-0.15, -0.1) is 0 Å². The SMILES string of the molecule is Nc1nc2c(F)cccc2n1C1CCCNC1. The summed E-state index contributed by atoms with van der Waals surface area (Å²) in [4.78, 5) is 4.13. The van der Waals surface area contributed by atoms with Crippen molar-refractivity contribution in [2.45, 2.75) is 18.9 Å². The fourth-order valence-corrected chi connectivity index (χ4v) is 2.54. The number of aromatic nitrogens is 2. The van der Waals surface area contributed by atoms with Crippen molar-refractivity contribution in [1.29, 1.82) is 0 Å². The third-order valence-electron chi connectivity index (χ3n) is 3.33. The molecule has 0 spiro atoms. The first-order chi connectivity index (χ1) is 8.27. The highest BCUT2D eigenvalue weighted by molar-refractivity contribution is 5.79. The van der Waals surface area contributed by atoms with Crippen molar-refractivity contribution >= 4 is 17.0 Å². The maximum Gasteiger partial charge on any atom is 0.201 e. The van der Waals surface area contributed by atoms with Gasteiger partial charge in [0.2, 0.25) is 5.95 Å². The molecule has 1 fully saturated rings. The molecule has 2 heterocycles. The highest BCUT2D eigenvalue weighted by atomic mass is 19.1. The molecule has 0 radical (unpaired) electrons. The van der Waals surface area contributed by atoms with Gasteiger partial charge in [-0.2, -0.15) is 0 Å². The normalized spacial score (nSPS) is 20.9. The van der Waals surface area contributed by atoms with E-state index < -0.39 is 0 Å². The van der Waals surface area contributed by atoms with E-state index in [1.165, 1.54) is 6.07 Å². The standard InChI is InChI=1S/C12H15FN4/c13-9-4-1-5-10-11(9)16-12(14)17(10)8-3-2-6-15-7-8/h1,4-5,8,15H,2-3,6-7H2,(H2,14,16). The highest BCUT2D eigenvalue weighted by Crippen LogP contribution is 2.27. The van der Waals surface area contributed by atoms with Crippen molar-refractivity contribution < 1.29 is 4.39 Å². The van der Waals surface area contributed by atoms with Crippen LogP contribution in [0, 0.1) is 5.82 Å². The van der Waals surface area contributed by atoms with Crippen LogP contribution in [-0.2, 0) is 0 Å². The Morgan fingerprint density at radius 2 is 2.35 bits per heavy atom. The van der Waals surface area contributed by atoms with Crippen LogP contribution in [0.25, 0.3) is 11.0 Å². The lowest BCUT2D eigenvalue weighted by Gasteiger charge is -2.25. The molecule has 0 aliphatic carbocycles. The molecule has 1 aromatic heterocycles. The highest BCUT2D eigenvalue weighted by Gasteiger charge is 2.20. The second-order valence-electron chi connectivity index (χ2n) is 4.45. The Morgan fingerprint density at radius 3 is 3.12 bits per heavy atom. The monoisotopic (exact) mass is 234 g/mol. The van der Waals surface area contributed by atoms with Crippen molar-refractivity contribution in [3.05, 3.63) is 24.0 Å². The van der Waals surface area contributed by atoms with Crippen LogP contribution in [0.1, 0.15) is 18.9 Å². The third kappa shape index (κ3) is 1.67. The first-order valence-corrected chi connectivity index (χ1v) is 5.90. The molecule has 3 N–H and O–H groups in total. The summed E-state index contributed by atoms with van der Waals surface area (Å²) in [6, 6.07) is 5.26. The number of nitrogens with one attached hydrogen (secondary N) is 1. The number of imidazole rings is 1. The van der Waals surface area contributed by atoms with Crippen LogP contribution >= 0.6 is 0 Å². The summed E-state index contributed by atoms with van der Waals surface area (Å²) >= 11 is 0. The molecule has 0 amide bonds. The molecule has 90 valence electrons. The molecule has 17 heavy (non-hydrogen) atoms. The predicted octanol–water partition coefficient (Wildman–Crippen LogP) is 1.68. The Labute approximate surface area is 98.6 Å². The zero-order valence-electron chi connectivity index (χ0n) is 9.49. The average Bonchev–Trinajstić information content (AvgIpc) is 2.68. The van der Waals surface area contributed by atoms with E-state index in [-0.39, 0.29) is 11.9 Å². The van der Waals surface area contributed by atoms with E-state index in [9.17, 15) is 4.39 Å². The van der Waals surface area contributed by atoms with E-state index in [1.54, 1.807) is 6.07 Å². The summed E-state index contributed by atoms with van der Waals surface area (Å²) in [6.45, 7) is 1.91.